The fourth-order valence-corrected chi connectivity index (χ4v) is 1.86. The molecule has 1 aliphatic heterocycles. The van der Waals surface area contributed by atoms with Crippen LogP contribution in [0.1, 0.15) is 12.0 Å². The second kappa shape index (κ2) is 4.71. The minimum atomic E-state index is -1.07. The van der Waals surface area contributed by atoms with Crippen LogP contribution >= 0.6 is 11.6 Å². The highest BCUT2D eigenvalue weighted by Crippen LogP contribution is 2.43. The van der Waals surface area contributed by atoms with Crippen LogP contribution in [-0.2, 0) is 11.2 Å². The summed E-state index contributed by atoms with van der Waals surface area (Å²) in [4.78, 5) is 10.8. The first-order valence-electron chi connectivity index (χ1n) is 5.11. The molecule has 0 radical (unpaired) electrons. The zero-order valence-electron chi connectivity index (χ0n) is 8.90. The molecule has 0 atom stereocenters. The number of hydrogen-bond donors (Lipinski definition) is 2. The number of ether oxygens (including phenoxy) is 2. The number of aromatic hydroxyl groups is 1. The highest BCUT2D eigenvalue weighted by molar-refractivity contribution is 6.32. The Balaban J connectivity index is 2.53. The van der Waals surface area contributed by atoms with Gasteiger partial charge in [0, 0.05) is 12.5 Å². The summed E-state index contributed by atoms with van der Waals surface area (Å²) in [6.45, 7) is 0.890. The van der Waals surface area contributed by atoms with Crippen LogP contribution in [0.4, 0.5) is 0 Å². The summed E-state index contributed by atoms with van der Waals surface area (Å²) in [6.07, 6.45) is 0.331. The first-order chi connectivity index (χ1) is 8.09. The minimum absolute atomic E-state index is 0.0606. The van der Waals surface area contributed by atoms with E-state index in [1.54, 1.807) is 0 Å². The number of carboxylic acid groups (broad SMARTS) is 1. The number of carboxylic acids is 1. The molecule has 5 nitrogen and oxygen atoms in total. The van der Waals surface area contributed by atoms with Crippen molar-refractivity contribution in [1.29, 1.82) is 0 Å². The monoisotopic (exact) mass is 258 g/mol. The zero-order chi connectivity index (χ0) is 12.4. The molecule has 0 spiro atoms. The number of benzene rings is 1. The fourth-order valence-electron chi connectivity index (χ4n) is 1.65. The van der Waals surface area contributed by atoms with E-state index in [4.69, 9.17) is 26.2 Å². The van der Waals surface area contributed by atoms with Gasteiger partial charge in [-0.15, -0.1) is 0 Å². The van der Waals surface area contributed by atoms with E-state index in [0.717, 1.165) is 0 Å². The third-order valence-corrected chi connectivity index (χ3v) is 2.68. The Morgan fingerprint density at radius 3 is 2.82 bits per heavy atom. The lowest BCUT2D eigenvalue weighted by Crippen LogP contribution is -2.05. The summed E-state index contributed by atoms with van der Waals surface area (Å²) >= 11 is 5.81. The Bertz CT molecular complexity index is 458. The van der Waals surface area contributed by atoms with Crippen molar-refractivity contribution in [1.82, 2.24) is 0 Å². The van der Waals surface area contributed by atoms with Crippen LogP contribution in [0.25, 0.3) is 0 Å². The summed E-state index contributed by atoms with van der Waals surface area (Å²) in [6, 6.07) is 1.43. The first kappa shape index (κ1) is 11.9. The van der Waals surface area contributed by atoms with Crippen molar-refractivity contribution < 1.29 is 24.5 Å². The van der Waals surface area contributed by atoms with Crippen molar-refractivity contribution in [3.63, 3.8) is 0 Å². The lowest BCUT2D eigenvalue weighted by atomic mass is 10.1. The van der Waals surface area contributed by atoms with Crippen LogP contribution in [0.5, 0.6) is 17.2 Å². The SMILES string of the molecule is O=C(O)Cc1c(O)c(Cl)cc2c1OCCCO2. The number of phenolic OH excluding ortho intramolecular Hbond substituents is 1. The molecule has 0 fully saturated rings. The highest BCUT2D eigenvalue weighted by Gasteiger charge is 2.22. The van der Waals surface area contributed by atoms with Crippen molar-refractivity contribution >= 4 is 17.6 Å². The van der Waals surface area contributed by atoms with Gasteiger partial charge in [0.15, 0.2) is 11.5 Å². The van der Waals surface area contributed by atoms with Crippen LogP contribution in [0.2, 0.25) is 5.02 Å². The maximum Gasteiger partial charge on any atom is 0.308 e. The molecule has 2 N–H and O–H groups in total. The van der Waals surface area contributed by atoms with Gasteiger partial charge in [0.25, 0.3) is 0 Å². The summed E-state index contributed by atoms with van der Waals surface area (Å²) < 4.78 is 10.8. The molecule has 0 bridgehead atoms. The van der Waals surface area contributed by atoms with Crippen molar-refractivity contribution in [2.45, 2.75) is 12.8 Å². The van der Waals surface area contributed by atoms with E-state index in [1.165, 1.54) is 6.07 Å². The van der Waals surface area contributed by atoms with E-state index in [0.29, 0.717) is 25.4 Å². The normalized spacial score (nSPS) is 14.2. The molecule has 1 aromatic rings. The summed E-state index contributed by atoms with van der Waals surface area (Å²) in [7, 11) is 0. The van der Waals surface area contributed by atoms with Gasteiger partial charge in [-0.3, -0.25) is 4.79 Å². The van der Waals surface area contributed by atoms with Gasteiger partial charge in [0.05, 0.1) is 30.2 Å². The molecule has 1 aliphatic rings. The van der Waals surface area contributed by atoms with Crippen LogP contribution in [0, 0.1) is 0 Å². The van der Waals surface area contributed by atoms with Crippen LogP contribution in [0.15, 0.2) is 6.07 Å². The average molecular weight is 259 g/mol. The summed E-state index contributed by atoms with van der Waals surface area (Å²) in [5.74, 6) is -0.690. The molecule has 0 amide bonds. The average Bonchev–Trinajstić information content (AvgIpc) is 2.49. The largest absolute Gasteiger partial charge is 0.506 e. The van der Waals surface area contributed by atoms with E-state index in [1.807, 2.05) is 0 Å². The number of rotatable bonds is 2. The van der Waals surface area contributed by atoms with Gasteiger partial charge in [0.1, 0.15) is 5.75 Å². The summed E-state index contributed by atoms with van der Waals surface area (Å²) in [5.41, 5.74) is 0.155. The number of fused-ring (bicyclic) bond motifs is 1. The van der Waals surface area contributed by atoms with Gasteiger partial charge in [-0.1, -0.05) is 11.6 Å². The number of phenols is 1. The van der Waals surface area contributed by atoms with Crippen molar-refractivity contribution in [2.75, 3.05) is 13.2 Å². The van der Waals surface area contributed by atoms with Gasteiger partial charge in [-0.05, 0) is 0 Å². The molecule has 92 valence electrons. The molecule has 0 aromatic heterocycles. The lowest BCUT2D eigenvalue weighted by Gasteiger charge is -2.14. The summed E-state index contributed by atoms with van der Waals surface area (Å²) in [5, 5.41) is 18.6. The maximum atomic E-state index is 10.8. The number of hydrogen-bond acceptors (Lipinski definition) is 4. The quantitative estimate of drug-likeness (QED) is 0.846. The minimum Gasteiger partial charge on any atom is -0.506 e. The van der Waals surface area contributed by atoms with E-state index in [9.17, 15) is 9.90 Å². The smallest absolute Gasteiger partial charge is 0.308 e. The Labute approximate surface area is 103 Å². The molecule has 1 heterocycles. The second-order valence-electron chi connectivity index (χ2n) is 3.63. The molecule has 0 saturated heterocycles. The predicted octanol–water partition coefficient (Wildman–Crippen LogP) is 1.83. The lowest BCUT2D eigenvalue weighted by molar-refractivity contribution is -0.136. The first-order valence-corrected chi connectivity index (χ1v) is 5.49. The second-order valence-corrected chi connectivity index (χ2v) is 4.04. The number of carbonyl (C=O) groups is 1. The van der Waals surface area contributed by atoms with Gasteiger partial charge < -0.3 is 19.7 Å². The Kier molecular flexibility index (Phi) is 3.28. The molecule has 1 aromatic carbocycles. The maximum absolute atomic E-state index is 10.8. The molecule has 0 saturated carbocycles. The molecular formula is C11H11ClO5. The molecule has 17 heavy (non-hydrogen) atoms. The highest BCUT2D eigenvalue weighted by atomic mass is 35.5. The van der Waals surface area contributed by atoms with Crippen molar-refractivity contribution in [2.24, 2.45) is 0 Å². The number of halogens is 1. The van der Waals surface area contributed by atoms with Crippen LogP contribution < -0.4 is 9.47 Å². The zero-order valence-corrected chi connectivity index (χ0v) is 9.66. The Hall–Kier alpha value is -1.62. The molecule has 6 heteroatoms. The third-order valence-electron chi connectivity index (χ3n) is 2.39. The van der Waals surface area contributed by atoms with Crippen LogP contribution in [0.3, 0.4) is 0 Å². The fraction of sp³-hybridized carbons (Fsp3) is 0.364. The molecule has 2 rings (SSSR count). The van der Waals surface area contributed by atoms with Crippen molar-refractivity contribution in [3.8, 4) is 17.2 Å². The van der Waals surface area contributed by atoms with Crippen LogP contribution in [-0.4, -0.2) is 29.4 Å². The topological polar surface area (TPSA) is 76.0 Å². The van der Waals surface area contributed by atoms with E-state index in [2.05, 4.69) is 0 Å². The predicted molar refractivity (Wildman–Crippen MR) is 60.1 cm³/mol. The van der Waals surface area contributed by atoms with Gasteiger partial charge >= 0.3 is 5.97 Å². The number of aliphatic carboxylic acids is 1. The van der Waals surface area contributed by atoms with Crippen molar-refractivity contribution in [3.05, 3.63) is 16.7 Å². The molecular weight excluding hydrogens is 248 g/mol. The third kappa shape index (κ3) is 2.39. The molecule has 0 unspecified atom stereocenters. The van der Waals surface area contributed by atoms with E-state index >= 15 is 0 Å². The molecule has 0 aliphatic carbocycles. The van der Waals surface area contributed by atoms with E-state index < -0.39 is 5.97 Å². The van der Waals surface area contributed by atoms with Gasteiger partial charge in [-0.25, -0.2) is 0 Å². The standard InChI is InChI=1S/C11H11ClO5/c12-7-5-8-11(17-3-1-2-16-8)6(10(7)15)4-9(13)14/h5,15H,1-4H2,(H,13,14). The Morgan fingerprint density at radius 2 is 2.12 bits per heavy atom. The van der Waals surface area contributed by atoms with E-state index in [-0.39, 0.29) is 28.5 Å². The Morgan fingerprint density at radius 1 is 1.41 bits per heavy atom. The van der Waals surface area contributed by atoms with Gasteiger partial charge in [0.2, 0.25) is 0 Å². The van der Waals surface area contributed by atoms with Gasteiger partial charge in [-0.2, -0.15) is 0 Å².